The van der Waals surface area contributed by atoms with Gasteiger partial charge in [-0.2, -0.15) is 0 Å². The number of carbonyl (C=O) groups is 1. The van der Waals surface area contributed by atoms with E-state index in [4.69, 9.17) is 0 Å². The first-order chi connectivity index (χ1) is 7.27. The second kappa shape index (κ2) is 6.45. The number of halogens is 1. The van der Waals surface area contributed by atoms with Crippen LogP contribution in [0.25, 0.3) is 0 Å². The van der Waals surface area contributed by atoms with E-state index in [2.05, 4.69) is 5.32 Å². The Balaban J connectivity index is 0.00000128. The molecule has 2 rings (SSSR count). The normalized spacial score (nSPS) is 21.3. The summed E-state index contributed by atoms with van der Waals surface area (Å²) in [7, 11) is 1.97. The van der Waals surface area contributed by atoms with Gasteiger partial charge in [-0.05, 0) is 38.3 Å². The fourth-order valence-electron chi connectivity index (χ4n) is 2.27. The van der Waals surface area contributed by atoms with Crippen molar-refractivity contribution < 1.29 is 4.79 Å². The van der Waals surface area contributed by atoms with Crippen molar-refractivity contribution >= 4 is 18.3 Å². The van der Waals surface area contributed by atoms with Crippen molar-refractivity contribution in [2.45, 2.75) is 32.1 Å². The molecule has 4 heteroatoms. The van der Waals surface area contributed by atoms with Gasteiger partial charge < -0.3 is 10.2 Å². The molecule has 1 saturated carbocycles. The Kier molecular flexibility index (Phi) is 5.56. The van der Waals surface area contributed by atoms with Crippen molar-refractivity contribution in [1.29, 1.82) is 0 Å². The summed E-state index contributed by atoms with van der Waals surface area (Å²) in [6.45, 7) is 2.98. The predicted octanol–water partition coefficient (Wildman–Crippen LogP) is 1.67. The molecule has 1 aliphatic carbocycles. The minimum atomic E-state index is 0. The monoisotopic (exact) mass is 246 g/mol. The quantitative estimate of drug-likeness (QED) is 0.819. The molecule has 16 heavy (non-hydrogen) atoms. The Bertz CT molecular complexity index is 225. The molecule has 0 aromatic heterocycles. The minimum absolute atomic E-state index is 0. The number of hydrogen-bond donors (Lipinski definition) is 1. The van der Waals surface area contributed by atoms with E-state index < -0.39 is 0 Å². The van der Waals surface area contributed by atoms with Crippen LogP contribution in [0.3, 0.4) is 0 Å². The lowest BCUT2D eigenvalue weighted by atomic mass is 9.96. The van der Waals surface area contributed by atoms with E-state index >= 15 is 0 Å². The zero-order valence-corrected chi connectivity index (χ0v) is 10.9. The van der Waals surface area contributed by atoms with Gasteiger partial charge in [-0.15, -0.1) is 12.4 Å². The Morgan fingerprint density at radius 3 is 2.44 bits per heavy atom. The third kappa shape index (κ3) is 3.95. The molecule has 0 bridgehead atoms. The van der Waals surface area contributed by atoms with Crippen molar-refractivity contribution in [2.24, 2.45) is 11.8 Å². The molecule has 1 amide bonds. The fourth-order valence-corrected chi connectivity index (χ4v) is 2.27. The van der Waals surface area contributed by atoms with Crippen molar-refractivity contribution in [3.05, 3.63) is 0 Å². The molecule has 0 aromatic carbocycles. The lowest BCUT2D eigenvalue weighted by Crippen LogP contribution is -2.39. The number of carbonyl (C=O) groups excluding carboxylic acids is 1. The van der Waals surface area contributed by atoms with Crippen LogP contribution in [0.4, 0.5) is 0 Å². The maximum atomic E-state index is 12.0. The van der Waals surface area contributed by atoms with Gasteiger partial charge in [-0.3, -0.25) is 4.79 Å². The molecule has 0 unspecified atom stereocenters. The summed E-state index contributed by atoms with van der Waals surface area (Å²) in [5.41, 5.74) is 0. The van der Waals surface area contributed by atoms with Crippen LogP contribution in [0.5, 0.6) is 0 Å². The second-order valence-corrected chi connectivity index (χ2v) is 5.02. The molecule has 0 spiro atoms. The summed E-state index contributed by atoms with van der Waals surface area (Å²) >= 11 is 0. The van der Waals surface area contributed by atoms with Gasteiger partial charge in [0.25, 0.3) is 0 Å². The molecule has 2 aliphatic rings. The van der Waals surface area contributed by atoms with Gasteiger partial charge in [0.05, 0.1) is 0 Å². The van der Waals surface area contributed by atoms with Gasteiger partial charge in [0.1, 0.15) is 0 Å². The van der Waals surface area contributed by atoms with Crippen molar-refractivity contribution in [2.75, 3.05) is 26.7 Å². The number of piperidine rings is 1. The third-order valence-corrected chi connectivity index (χ3v) is 3.63. The highest BCUT2D eigenvalue weighted by Crippen LogP contribution is 2.32. The maximum absolute atomic E-state index is 12.0. The highest BCUT2D eigenvalue weighted by atomic mass is 35.5. The molecule has 3 nitrogen and oxygen atoms in total. The summed E-state index contributed by atoms with van der Waals surface area (Å²) < 4.78 is 0. The molecular weight excluding hydrogens is 224 g/mol. The highest BCUT2D eigenvalue weighted by Gasteiger charge is 2.26. The Labute approximate surface area is 104 Å². The number of amides is 1. The zero-order valence-electron chi connectivity index (χ0n) is 10.1. The number of rotatable bonds is 4. The molecule has 0 radical (unpaired) electrons. The summed E-state index contributed by atoms with van der Waals surface area (Å²) in [5.74, 6) is 1.58. The molecule has 1 saturated heterocycles. The lowest BCUT2D eigenvalue weighted by Gasteiger charge is -2.26. The summed E-state index contributed by atoms with van der Waals surface area (Å²) in [5, 5.41) is 3.30. The van der Waals surface area contributed by atoms with Crippen LogP contribution in [0.1, 0.15) is 32.1 Å². The Morgan fingerprint density at radius 1 is 1.25 bits per heavy atom. The van der Waals surface area contributed by atoms with Gasteiger partial charge in [0.2, 0.25) is 5.91 Å². The van der Waals surface area contributed by atoms with E-state index in [1.54, 1.807) is 0 Å². The van der Waals surface area contributed by atoms with E-state index in [1.807, 2.05) is 11.9 Å². The lowest BCUT2D eigenvalue weighted by molar-refractivity contribution is -0.135. The van der Waals surface area contributed by atoms with Crippen LogP contribution >= 0.6 is 12.4 Å². The van der Waals surface area contributed by atoms with E-state index in [1.165, 1.54) is 19.3 Å². The number of hydrogen-bond acceptors (Lipinski definition) is 2. The van der Waals surface area contributed by atoms with E-state index in [9.17, 15) is 4.79 Å². The van der Waals surface area contributed by atoms with Crippen LogP contribution in [0, 0.1) is 11.8 Å². The van der Waals surface area contributed by atoms with E-state index in [0.717, 1.165) is 38.4 Å². The average molecular weight is 247 g/mol. The van der Waals surface area contributed by atoms with Gasteiger partial charge in [-0.25, -0.2) is 0 Å². The first kappa shape index (κ1) is 13.8. The molecule has 94 valence electrons. The van der Waals surface area contributed by atoms with Crippen LogP contribution in [0.2, 0.25) is 0 Å². The molecule has 1 aliphatic heterocycles. The Hall–Kier alpha value is -0.280. The molecular formula is C12H23ClN2O. The topological polar surface area (TPSA) is 32.3 Å². The largest absolute Gasteiger partial charge is 0.346 e. The first-order valence-electron chi connectivity index (χ1n) is 6.23. The highest BCUT2D eigenvalue weighted by molar-refractivity contribution is 5.85. The number of nitrogens with zero attached hydrogens (tertiary/aromatic N) is 1. The second-order valence-electron chi connectivity index (χ2n) is 5.02. The molecule has 0 atom stereocenters. The van der Waals surface area contributed by atoms with Crippen molar-refractivity contribution in [3.63, 3.8) is 0 Å². The van der Waals surface area contributed by atoms with Crippen LogP contribution in [-0.4, -0.2) is 37.5 Å². The molecule has 0 aromatic rings. The van der Waals surface area contributed by atoms with E-state index in [0.29, 0.717) is 5.91 Å². The molecule has 1 heterocycles. The van der Waals surface area contributed by atoms with Gasteiger partial charge in [0, 0.05) is 19.5 Å². The average Bonchev–Trinajstić information content (AvgIpc) is 3.10. The van der Waals surface area contributed by atoms with Gasteiger partial charge in [0.15, 0.2) is 0 Å². The maximum Gasteiger partial charge on any atom is 0.225 e. The summed E-state index contributed by atoms with van der Waals surface area (Å²) in [6.07, 6.45) is 6.02. The third-order valence-electron chi connectivity index (χ3n) is 3.63. The van der Waals surface area contributed by atoms with Crippen LogP contribution < -0.4 is 5.32 Å². The fraction of sp³-hybridized carbons (Fsp3) is 0.917. The van der Waals surface area contributed by atoms with Crippen molar-refractivity contribution in [1.82, 2.24) is 10.2 Å². The van der Waals surface area contributed by atoms with E-state index in [-0.39, 0.29) is 18.3 Å². The summed E-state index contributed by atoms with van der Waals surface area (Å²) in [4.78, 5) is 14.0. The van der Waals surface area contributed by atoms with Crippen LogP contribution in [-0.2, 0) is 4.79 Å². The van der Waals surface area contributed by atoms with Gasteiger partial charge >= 0.3 is 0 Å². The smallest absolute Gasteiger partial charge is 0.225 e. The van der Waals surface area contributed by atoms with Crippen molar-refractivity contribution in [3.8, 4) is 0 Å². The number of nitrogens with one attached hydrogen (secondary N) is 1. The molecule has 2 fully saturated rings. The standard InChI is InChI=1S/C12H22N2O.ClH/c1-14(9-6-10-2-3-10)12(15)11-4-7-13-8-5-11;/h10-11,13H,2-9H2,1H3;1H. The zero-order chi connectivity index (χ0) is 10.7. The van der Waals surface area contributed by atoms with Crippen LogP contribution in [0.15, 0.2) is 0 Å². The predicted molar refractivity (Wildman–Crippen MR) is 67.8 cm³/mol. The molecule has 1 N–H and O–H groups in total. The first-order valence-corrected chi connectivity index (χ1v) is 6.23. The minimum Gasteiger partial charge on any atom is -0.346 e. The Morgan fingerprint density at radius 2 is 1.88 bits per heavy atom. The summed E-state index contributed by atoms with van der Waals surface area (Å²) in [6, 6.07) is 0. The van der Waals surface area contributed by atoms with Gasteiger partial charge in [-0.1, -0.05) is 12.8 Å². The SMILES string of the molecule is CN(CCC1CC1)C(=O)C1CCNCC1.Cl.